The highest BCUT2D eigenvalue weighted by Gasteiger charge is 2.35. The van der Waals surface area contributed by atoms with Gasteiger partial charge in [0.15, 0.2) is 0 Å². The lowest BCUT2D eigenvalue weighted by atomic mass is 9.94. The van der Waals surface area contributed by atoms with Crippen LogP contribution in [0.3, 0.4) is 0 Å². The molecule has 6 nitrogen and oxygen atoms in total. The average Bonchev–Trinajstić information content (AvgIpc) is 3.55. The summed E-state index contributed by atoms with van der Waals surface area (Å²) < 4.78 is 5.75. The van der Waals surface area contributed by atoms with Gasteiger partial charge in [0.1, 0.15) is 0 Å². The molecule has 2 aromatic heterocycles. The first-order valence-electron chi connectivity index (χ1n) is 11.3. The van der Waals surface area contributed by atoms with E-state index in [-0.39, 0.29) is 12.1 Å². The van der Waals surface area contributed by atoms with Crippen LogP contribution in [0.1, 0.15) is 48.0 Å². The molecule has 0 saturated heterocycles. The van der Waals surface area contributed by atoms with Crippen LogP contribution < -0.4 is 5.32 Å². The zero-order valence-corrected chi connectivity index (χ0v) is 20.2. The number of benzene rings is 2. The highest BCUT2D eigenvalue weighted by atomic mass is 32.1. The Hall–Kier alpha value is -3.71. The third kappa shape index (κ3) is 4.26. The molecule has 34 heavy (non-hydrogen) atoms. The molecule has 1 unspecified atom stereocenters. The Labute approximate surface area is 202 Å². The molecule has 0 fully saturated rings. The van der Waals surface area contributed by atoms with Gasteiger partial charge in [0.05, 0.1) is 23.0 Å². The number of carbonyl (C=O) groups is 1. The Morgan fingerprint density at radius 2 is 1.76 bits per heavy atom. The quantitative estimate of drug-likeness (QED) is 0.356. The first-order valence-corrected chi connectivity index (χ1v) is 12.2. The second-order valence-electron chi connectivity index (χ2n) is 8.45. The van der Waals surface area contributed by atoms with Gasteiger partial charge in [-0.2, -0.15) is 4.98 Å². The molecule has 4 aromatic rings. The van der Waals surface area contributed by atoms with Gasteiger partial charge in [0.2, 0.25) is 5.82 Å². The molecule has 0 spiro atoms. The van der Waals surface area contributed by atoms with E-state index in [2.05, 4.69) is 41.7 Å². The number of urea groups is 1. The average molecular weight is 471 g/mol. The molecule has 5 rings (SSSR count). The van der Waals surface area contributed by atoms with Crippen molar-refractivity contribution in [3.8, 4) is 10.7 Å². The van der Waals surface area contributed by atoms with Crippen LogP contribution in [-0.2, 0) is 13.0 Å². The number of aromatic nitrogens is 2. The van der Waals surface area contributed by atoms with Gasteiger partial charge in [-0.15, -0.1) is 11.3 Å². The second kappa shape index (κ2) is 9.27. The number of allylic oxidation sites excluding steroid dienone is 1. The van der Waals surface area contributed by atoms with Gasteiger partial charge in [-0.25, -0.2) is 4.79 Å². The minimum atomic E-state index is -0.386. The van der Waals surface area contributed by atoms with Gasteiger partial charge in [0, 0.05) is 5.70 Å². The maximum absolute atomic E-state index is 13.3. The van der Waals surface area contributed by atoms with Crippen molar-refractivity contribution in [3.63, 3.8) is 0 Å². The lowest BCUT2D eigenvalue weighted by Gasteiger charge is -2.35. The van der Waals surface area contributed by atoms with Crippen LogP contribution >= 0.6 is 11.3 Å². The largest absolute Gasteiger partial charge is 0.334 e. The Bertz CT molecular complexity index is 1320. The Morgan fingerprint density at radius 1 is 1.03 bits per heavy atom. The lowest BCUT2D eigenvalue weighted by Crippen LogP contribution is -2.45. The summed E-state index contributed by atoms with van der Waals surface area (Å²) in [5.74, 6) is 0.962. The zero-order valence-electron chi connectivity index (χ0n) is 19.4. The van der Waals surface area contributed by atoms with Crippen molar-refractivity contribution < 1.29 is 9.32 Å². The molecule has 1 atom stereocenters. The fraction of sp³-hybridized carbons (Fsp3) is 0.222. The smallest absolute Gasteiger partial charge is 0.322 e. The van der Waals surface area contributed by atoms with E-state index >= 15 is 0 Å². The summed E-state index contributed by atoms with van der Waals surface area (Å²) in [6, 6.07) is 19.9. The minimum Gasteiger partial charge on any atom is -0.334 e. The fourth-order valence-corrected chi connectivity index (χ4v) is 4.81. The predicted molar refractivity (Wildman–Crippen MR) is 134 cm³/mol. The topological polar surface area (TPSA) is 71.3 Å². The number of nitrogens with one attached hydrogen (secondary N) is 1. The van der Waals surface area contributed by atoms with Crippen LogP contribution in [-0.4, -0.2) is 21.1 Å². The van der Waals surface area contributed by atoms with Crippen molar-refractivity contribution in [1.29, 1.82) is 0 Å². The SMILES string of the molecule is CCc1ccc(CN2C(=O)NC(c3ccc(C)cc3)C(c3nc(-c4cccs4)no3)=C2C)cc1. The third-order valence-corrected chi connectivity index (χ3v) is 7.04. The van der Waals surface area contributed by atoms with Gasteiger partial charge in [-0.05, 0) is 48.4 Å². The molecular weight excluding hydrogens is 444 g/mol. The van der Waals surface area contributed by atoms with E-state index in [0.29, 0.717) is 18.3 Å². The van der Waals surface area contributed by atoms with E-state index in [1.165, 1.54) is 5.56 Å². The molecular formula is C27H26N4O2S. The summed E-state index contributed by atoms with van der Waals surface area (Å²) in [4.78, 5) is 20.7. The highest BCUT2D eigenvalue weighted by Crippen LogP contribution is 2.38. The van der Waals surface area contributed by atoms with Crippen LogP contribution in [0, 0.1) is 6.92 Å². The Balaban J connectivity index is 1.57. The van der Waals surface area contributed by atoms with Gasteiger partial charge in [-0.1, -0.05) is 72.2 Å². The summed E-state index contributed by atoms with van der Waals surface area (Å²) >= 11 is 1.56. The molecule has 1 aliphatic rings. The molecule has 0 radical (unpaired) electrons. The van der Waals surface area contributed by atoms with Crippen LogP contribution in [0.5, 0.6) is 0 Å². The molecule has 3 heterocycles. The summed E-state index contributed by atoms with van der Waals surface area (Å²) in [5, 5.41) is 9.37. The zero-order chi connectivity index (χ0) is 23.7. The van der Waals surface area contributed by atoms with Crippen molar-refractivity contribution in [2.24, 2.45) is 0 Å². The van der Waals surface area contributed by atoms with Crippen LogP contribution in [0.15, 0.2) is 76.3 Å². The predicted octanol–water partition coefficient (Wildman–Crippen LogP) is 6.37. The molecule has 0 bridgehead atoms. The number of rotatable bonds is 6. The summed E-state index contributed by atoms with van der Waals surface area (Å²) in [5.41, 5.74) is 6.06. The third-order valence-electron chi connectivity index (χ3n) is 6.18. The van der Waals surface area contributed by atoms with Gasteiger partial charge in [-0.3, -0.25) is 4.90 Å². The fourth-order valence-electron chi connectivity index (χ4n) is 4.16. The molecule has 2 amide bonds. The summed E-state index contributed by atoms with van der Waals surface area (Å²) in [7, 11) is 0. The molecule has 172 valence electrons. The molecule has 0 saturated carbocycles. The van der Waals surface area contributed by atoms with E-state index in [4.69, 9.17) is 9.51 Å². The standard InChI is InChI=1S/C27H26N4O2S/c1-4-19-9-11-20(12-10-19)16-31-18(3)23(26-29-25(30-33-26)22-6-5-15-34-22)24(28-27(31)32)21-13-7-17(2)8-14-21/h5-15,24H,4,16H2,1-3H3,(H,28,32). The van der Waals surface area contributed by atoms with E-state index in [1.54, 1.807) is 16.2 Å². The number of thiophene rings is 1. The monoisotopic (exact) mass is 470 g/mol. The van der Waals surface area contributed by atoms with Gasteiger partial charge in [0.25, 0.3) is 5.89 Å². The van der Waals surface area contributed by atoms with E-state index < -0.39 is 0 Å². The Kier molecular flexibility index (Phi) is 6.02. The summed E-state index contributed by atoms with van der Waals surface area (Å²) in [6.07, 6.45) is 0.982. The molecule has 0 aliphatic carbocycles. The maximum atomic E-state index is 13.3. The maximum Gasteiger partial charge on any atom is 0.322 e. The molecule has 7 heteroatoms. The number of hydrogen-bond donors (Lipinski definition) is 1. The van der Waals surface area contributed by atoms with Crippen molar-refractivity contribution in [3.05, 3.63) is 99.9 Å². The van der Waals surface area contributed by atoms with Crippen molar-refractivity contribution in [2.75, 3.05) is 0 Å². The number of hydrogen-bond acceptors (Lipinski definition) is 5. The number of nitrogens with zero attached hydrogens (tertiary/aromatic N) is 3. The van der Waals surface area contributed by atoms with Gasteiger partial charge >= 0.3 is 6.03 Å². The minimum absolute atomic E-state index is 0.149. The van der Waals surface area contributed by atoms with Crippen molar-refractivity contribution in [1.82, 2.24) is 20.4 Å². The van der Waals surface area contributed by atoms with Crippen molar-refractivity contribution in [2.45, 2.75) is 39.8 Å². The van der Waals surface area contributed by atoms with Crippen LogP contribution in [0.4, 0.5) is 4.79 Å². The van der Waals surface area contributed by atoms with E-state index in [9.17, 15) is 4.79 Å². The number of carbonyl (C=O) groups excluding carboxylic acids is 1. The number of aryl methyl sites for hydroxylation is 2. The first kappa shape index (κ1) is 22.1. The lowest BCUT2D eigenvalue weighted by molar-refractivity contribution is 0.203. The molecule has 1 aliphatic heterocycles. The van der Waals surface area contributed by atoms with Crippen molar-refractivity contribution >= 4 is 22.9 Å². The van der Waals surface area contributed by atoms with Gasteiger partial charge < -0.3 is 9.84 Å². The van der Waals surface area contributed by atoms with Crippen LogP contribution in [0.2, 0.25) is 0 Å². The first-order chi connectivity index (χ1) is 16.5. The number of amides is 2. The molecule has 2 aromatic carbocycles. The van der Waals surface area contributed by atoms with E-state index in [1.807, 2.05) is 55.6 Å². The normalized spacial score (nSPS) is 16.1. The second-order valence-corrected chi connectivity index (χ2v) is 9.40. The summed E-state index contributed by atoms with van der Waals surface area (Å²) in [6.45, 7) is 6.58. The Morgan fingerprint density at radius 3 is 2.44 bits per heavy atom. The van der Waals surface area contributed by atoms with E-state index in [0.717, 1.165) is 39.3 Å². The molecule has 1 N–H and O–H groups in total. The highest BCUT2D eigenvalue weighted by molar-refractivity contribution is 7.13. The van der Waals surface area contributed by atoms with Crippen LogP contribution in [0.25, 0.3) is 16.3 Å².